The zero-order valence-electron chi connectivity index (χ0n) is 12.1. The van der Waals surface area contributed by atoms with Crippen LogP contribution in [0.15, 0.2) is 24.3 Å². The lowest BCUT2D eigenvalue weighted by Gasteiger charge is -2.20. The molecule has 1 aliphatic heterocycles. The maximum Gasteiger partial charge on any atom is 0.337 e. The molecule has 1 aromatic rings. The highest BCUT2D eigenvalue weighted by Crippen LogP contribution is 2.23. The number of hydrogen-bond acceptors (Lipinski definition) is 5. The maximum absolute atomic E-state index is 12.4. The molecule has 0 spiro atoms. The van der Waals surface area contributed by atoms with Gasteiger partial charge in [-0.3, -0.25) is 4.79 Å². The molecule has 1 unspecified atom stereocenters. The van der Waals surface area contributed by atoms with E-state index in [4.69, 9.17) is 5.11 Å². The Bertz CT molecular complexity index is 667. The van der Waals surface area contributed by atoms with Crippen molar-refractivity contribution >= 4 is 22.0 Å². The van der Waals surface area contributed by atoms with Gasteiger partial charge in [0.05, 0.1) is 18.4 Å². The van der Waals surface area contributed by atoms with Crippen molar-refractivity contribution in [2.24, 2.45) is 0 Å². The number of carbonyl (C=O) groups excluding carboxylic acids is 1. The lowest BCUT2D eigenvalue weighted by Crippen LogP contribution is -2.40. The first-order valence-electron chi connectivity index (χ1n) is 6.75. The molecule has 2 rings (SSSR count). The number of rotatable bonds is 5. The third kappa shape index (κ3) is 3.45. The third-order valence-corrected chi connectivity index (χ3v) is 5.42. The highest BCUT2D eigenvalue weighted by atomic mass is 32.2. The molecule has 120 valence electrons. The topological polar surface area (TPSA) is 101 Å². The first kappa shape index (κ1) is 16.4. The maximum atomic E-state index is 12.4. The molecule has 1 N–H and O–H groups in total. The van der Waals surface area contributed by atoms with Crippen molar-refractivity contribution in [3.05, 3.63) is 35.4 Å². The van der Waals surface area contributed by atoms with E-state index in [1.807, 2.05) is 0 Å². The number of carboxylic acid groups (broad SMARTS) is 1. The van der Waals surface area contributed by atoms with Crippen molar-refractivity contribution in [2.75, 3.05) is 13.7 Å². The van der Waals surface area contributed by atoms with Gasteiger partial charge in [-0.1, -0.05) is 12.1 Å². The summed E-state index contributed by atoms with van der Waals surface area (Å²) in [5.41, 5.74) is 0.817. The smallest absolute Gasteiger partial charge is 0.337 e. The highest BCUT2D eigenvalue weighted by Gasteiger charge is 2.38. The Hall–Kier alpha value is -1.93. The molecule has 0 bridgehead atoms. The van der Waals surface area contributed by atoms with Crippen LogP contribution >= 0.6 is 0 Å². The Morgan fingerprint density at radius 1 is 1.32 bits per heavy atom. The molecule has 8 heteroatoms. The molecule has 1 aliphatic rings. The minimum absolute atomic E-state index is 0.222. The van der Waals surface area contributed by atoms with Gasteiger partial charge in [0.1, 0.15) is 6.04 Å². The van der Waals surface area contributed by atoms with Gasteiger partial charge >= 0.3 is 11.9 Å². The van der Waals surface area contributed by atoms with Crippen LogP contribution in [0.5, 0.6) is 0 Å². The van der Waals surface area contributed by atoms with Gasteiger partial charge in [0.25, 0.3) is 0 Å². The number of carbonyl (C=O) groups is 2. The summed E-state index contributed by atoms with van der Waals surface area (Å²) in [5, 5.41) is 9.08. The fraction of sp³-hybridized carbons (Fsp3) is 0.429. The van der Waals surface area contributed by atoms with Crippen LogP contribution in [-0.2, 0) is 25.3 Å². The average Bonchev–Trinajstić information content (AvgIpc) is 2.97. The molecule has 0 amide bonds. The van der Waals surface area contributed by atoms with E-state index in [9.17, 15) is 18.0 Å². The Balaban J connectivity index is 2.15. The minimum Gasteiger partial charge on any atom is -0.480 e. The number of nitrogens with zero attached hydrogens (tertiary/aromatic N) is 1. The van der Waals surface area contributed by atoms with Gasteiger partial charge in [-0.15, -0.1) is 0 Å². The van der Waals surface area contributed by atoms with Crippen LogP contribution in [0.1, 0.15) is 28.8 Å². The summed E-state index contributed by atoms with van der Waals surface area (Å²) in [6, 6.07) is 5.02. The number of aliphatic carboxylic acids is 1. The summed E-state index contributed by atoms with van der Waals surface area (Å²) in [5.74, 6) is -1.92. The molecule has 1 atom stereocenters. The highest BCUT2D eigenvalue weighted by molar-refractivity contribution is 7.88. The van der Waals surface area contributed by atoms with Crippen molar-refractivity contribution in [1.82, 2.24) is 4.31 Å². The van der Waals surface area contributed by atoms with Gasteiger partial charge in [-0.05, 0) is 30.5 Å². The number of sulfonamides is 1. The van der Waals surface area contributed by atoms with Gasteiger partial charge in [0.15, 0.2) is 0 Å². The SMILES string of the molecule is COC(=O)c1ccc(CS(=O)(=O)N2CCCC2C(=O)O)cc1. The van der Waals surface area contributed by atoms with Crippen LogP contribution < -0.4 is 0 Å². The van der Waals surface area contributed by atoms with Crippen LogP contribution in [0.2, 0.25) is 0 Å². The lowest BCUT2D eigenvalue weighted by molar-refractivity contribution is -0.140. The molecule has 0 aromatic heterocycles. The summed E-state index contributed by atoms with van der Waals surface area (Å²) in [4.78, 5) is 22.4. The summed E-state index contributed by atoms with van der Waals surface area (Å²) in [7, 11) is -2.45. The Morgan fingerprint density at radius 3 is 2.50 bits per heavy atom. The Morgan fingerprint density at radius 2 is 1.95 bits per heavy atom. The number of methoxy groups -OCH3 is 1. The van der Waals surface area contributed by atoms with E-state index in [0.717, 1.165) is 4.31 Å². The van der Waals surface area contributed by atoms with Crippen molar-refractivity contribution in [3.8, 4) is 0 Å². The monoisotopic (exact) mass is 327 g/mol. The van der Waals surface area contributed by atoms with E-state index < -0.39 is 28.0 Å². The fourth-order valence-electron chi connectivity index (χ4n) is 2.47. The minimum atomic E-state index is -3.71. The van der Waals surface area contributed by atoms with E-state index in [-0.39, 0.29) is 12.3 Å². The average molecular weight is 327 g/mol. The molecule has 1 saturated heterocycles. The van der Waals surface area contributed by atoms with E-state index in [1.165, 1.54) is 31.4 Å². The van der Waals surface area contributed by atoms with Crippen molar-refractivity contribution in [1.29, 1.82) is 0 Å². The molecule has 0 saturated carbocycles. The Labute approximate surface area is 128 Å². The zero-order chi connectivity index (χ0) is 16.3. The van der Waals surface area contributed by atoms with E-state index >= 15 is 0 Å². The molecule has 0 aliphatic carbocycles. The molecular formula is C14H17NO6S. The number of benzene rings is 1. The van der Waals surface area contributed by atoms with Crippen molar-refractivity contribution in [2.45, 2.75) is 24.6 Å². The van der Waals surface area contributed by atoms with Crippen LogP contribution in [-0.4, -0.2) is 49.5 Å². The third-order valence-electron chi connectivity index (χ3n) is 3.57. The van der Waals surface area contributed by atoms with Gasteiger partial charge in [-0.25, -0.2) is 13.2 Å². The number of carboxylic acids is 1. The second-order valence-electron chi connectivity index (χ2n) is 5.05. The van der Waals surface area contributed by atoms with Crippen molar-refractivity contribution < 1.29 is 27.9 Å². The standard InChI is InChI=1S/C14H17NO6S/c1-21-14(18)11-6-4-10(5-7-11)9-22(19,20)15-8-2-3-12(15)13(16)17/h4-7,12H,2-3,8-9H2,1H3,(H,16,17). The molecule has 7 nitrogen and oxygen atoms in total. The summed E-state index contributed by atoms with van der Waals surface area (Å²) in [6.45, 7) is 0.222. The van der Waals surface area contributed by atoms with Gasteiger partial charge in [0, 0.05) is 6.54 Å². The van der Waals surface area contributed by atoms with Crippen molar-refractivity contribution in [3.63, 3.8) is 0 Å². The second-order valence-corrected chi connectivity index (χ2v) is 6.97. The fourth-order valence-corrected chi connectivity index (χ4v) is 4.24. The van der Waals surface area contributed by atoms with Gasteiger partial charge < -0.3 is 9.84 Å². The molecule has 1 aromatic carbocycles. The normalized spacial score (nSPS) is 19.0. The van der Waals surface area contributed by atoms with E-state index in [1.54, 1.807) is 0 Å². The zero-order valence-corrected chi connectivity index (χ0v) is 12.9. The van der Waals surface area contributed by atoms with E-state index in [2.05, 4.69) is 4.74 Å². The predicted molar refractivity (Wildman–Crippen MR) is 77.8 cm³/mol. The number of hydrogen-bond donors (Lipinski definition) is 1. The summed E-state index contributed by atoms with van der Waals surface area (Å²) >= 11 is 0. The first-order chi connectivity index (χ1) is 10.3. The van der Waals surface area contributed by atoms with Gasteiger partial charge in [0.2, 0.25) is 10.0 Å². The number of ether oxygens (including phenoxy) is 1. The van der Waals surface area contributed by atoms with Crippen LogP contribution in [0, 0.1) is 0 Å². The Kier molecular flexibility index (Phi) is 4.82. The lowest BCUT2D eigenvalue weighted by atomic mass is 10.1. The quantitative estimate of drug-likeness (QED) is 0.805. The van der Waals surface area contributed by atoms with Crippen LogP contribution in [0.4, 0.5) is 0 Å². The predicted octanol–water partition coefficient (Wildman–Crippen LogP) is 0.852. The van der Waals surface area contributed by atoms with Gasteiger partial charge in [-0.2, -0.15) is 4.31 Å². The molecule has 1 heterocycles. The van der Waals surface area contributed by atoms with E-state index in [0.29, 0.717) is 24.0 Å². The molecular weight excluding hydrogens is 310 g/mol. The van der Waals surface area contributed by atoms with Crippen LogP contribution in [0.25, 0.3) is 0 Å². The second kappa shape index (κ2) is 6.45. The number of esters is 1. The largest absolute Gasteiger partial charge is 0.480 e. The van der Waals surface area contributed by atoms with Crippen LogP contribution in [0.3, 0.4) is 0 Å². The summed E-state index contributed by atoms with van der Waals surface area (Å²) in [6.07, 6.45) is 0.868. The molecule has 0 radical (unpaired) electrons. The molecule has 1 fully saturated rings. The molecule has 22 heavy (non-hydrogen) atoms. The summed E-state index contributed by atoms with van der Waals surface area (Å²) < 4.78 is 30.3. The first-order valence-corrected chi connectivity index (χ1v) is 8.35.